The first-order valence-electron chi connectivity index (χ1n) is 6.62. The minimum absolute atomic E-state index is 0.0793. The molecule has 3 heteroatoms. The van der Waals surface area contributed by atoms with Crippen LogP contribution in [0.2, 0.25) is 0 Å². The lowest BCUT2D eigenvalue weighted by Crippen LogP contribution is -2.46. The van der Waals surface area contributed by atoms with E-state index in [0.717, 1.165) is 12.8 Å². The minimum atomic E-state index is -0.300. The quantitative estimate of drug-likeness (QED) is 0.766. The molecule has 1 aromatic rings. The summed E-state index contributed by atoms with van der Waals surface area (Å²) in [7, 11) is 0. The van der Waals surface area contributed by atoms with Crippen molar-refractivity contribution >= 4 is 5.78 Å². The van der Waals surface area contributed by atoms with Crippen molar-refractivity contribution in [3.8, 4) is 0 Å². The number of hydrogen-bond donors (Lipinski definition) is 0. The lowest BCUT2D eigenvalue weighted by molar-refractivity contribution is 0.0734. The lowest BCUT2D eigenvalue weighted by atomic mass is 9.96. The Bertz CT molecular complexity index is 405. The zero-order chi connectivity index (χ0) is 13.1. The summed E-state index contributed by atoms with van der Waals surface area (Å²) < 4.78 is 12.8. The van der Waals surface area contributed by atoms with E-state index in [-0.39, 0.29) is 11.6 Å². The summed E-state index contributed by atoms with van der Waals surface area (Å²) in [5, 5.41) is 0. The second-order valence-electron chi connectivity index (χ2n) is 5.23. The SMILES string of the molecule is CC1CCCC(C)N1CC(=O)c1ccc(F)cc1. The molecule has 2 unspecified atom stereocenters. The fourth-order valence-corrected chi connectivity index (χ4v) is 2.68. The number of ketones is 1. The monoisotopic (exact) mass is 249 g/mol. The molecular weight excluding hydrogens is 229 g/mol. The summed E-state index contributed by atoms with van der Waals surface area (Å²) in [5.41, 5.74) is 0.598. The number of hydrogen-bond acceptors (Lipinski definition) is 2. The minimum Gasteiger partial charge on any atom is -0.293 e. The lowest BCUT2D eigenvalue weighted by Gasteiger charge is -2.38. The van der Waals surface area contributed by atoms with Crippen LogP contribution in [0.5, 0.6) is 0 Å². The summed E-state index contributed by atoms with van der Waals surface area (Å²) >= 11 is 0. The first kappa shape index (κ1) is 13.2. The Morgan fingerprint density at radius 3 is 2.33 bits per heavy atom. The zero-order valence-corrected chi connectivity index (χ0v) is 11.0. The highest BCUT2D eigenvalue weighted by Gasteiger charge is 2.26. The van der Waals surface area contributed by atoms with E-state index in [1.54, 1.807) is 12.1 Å². The molecule has 98 valence electrons. The van der Waals surface area contributed by atoms with Gasteiger partial charge >= 0.3 is 0 Å². The molecule has 1 heterocycles. The zero-order valence-electron chi connectivity index (χ0n) is 11.0. The van der Waals surface area contributed by atoms with Crippen molar-refractivity contribution in [1.29, 1.82) is 0 Å². The van der Waals surface area contributed by atoms with Crippen molar-refractivity contribution in [2.24, 2.45) is 0 Å². The van der Waals surface area contributed by atoms with E-state index in [4.69, 9.17) is 0 Å². The average Bonchev–Trinajstić information content (AvgIpc) is 2.34. The van der Waals surface area contributed by atoms with Gasteiger partial charge in [-0.3, -0.25) is 9.69 Å². The number of piperidine rings is 1. The van der Waals surface area contributed by atoms with Crippen molar-refractivity contribution in [2.45, 2.75) is 45.2 Å². The van der Waals surface area contributed by atoms with Crippen LogP contribution in [0.15, 0.2) is 24.3 Å². The maximum atomic E-state index is 12.8. The van der Waals surface area contributed by atoms with Crippen LogP contribution < -0.4 is 0 Å². The van der Waals surface area contributed by atoms with E-state index in [2.05, 4.69) is 18.7 Å². The molecule has 0 bridgehead atoms. The molecule has 0 radical (unpaired) electrons. The second kappa shape index (κ2) is 5.61. The molecule has 0 spiro atoms. The van der Waals surface area contributed by atoms with Gasteiger partial charge in [0.05, 0.1) is 6.54 Å². The number of rotatable bonds is 3. The fraction of sp³-hybridized carbons (Fsp3) is 0.533. The Labute approximate surface area is 108 Å². The van der Waals surface area contributed by atoms with E-state index in [9.17, 15) is 9.18 Å². The predicted octanol–water partition coefficient (Wildman–Crippen LogP) is 3.27. The van der Waals surface area contributed by atoms with Gasteiger partial charge < -0.3 is 0 Å². The number of Topliss-reactive ketones (excluding diaryl/α,β-unsaturated/α-hetero) is 1. The molecule has 0 saturated carbocycles. The third kappa shape index (κ3) is 2.96. The summed E-state index contributed by atoms with van der Waals surface area (Å²) in [6.45, 7) is 4.79. The second-order valence-corrected chi connectivity index (χ2v) is 5.23. The van der Waals surface area contributed by atoms with Gasteiger partial charge in [-0.2, -0.15) is 0 Å². The van der Waals surface area contributed by atoms with Crippen molar-refractivity contribution in [3.63, 3.8) is 0 Å². The normalized spacial score (nSPS) is 25.1. The molecule has 18 heavy (non-hydrogen) atoms. The maximum absolute atomic E-state index is 12.8. The van der Waals surface area contributed by atoms with Crippen LogP contribution in [-0.2, 0) is 0 Å². The average molecular weight is 249 g/mol. The Kier molecular flexibility index (Phi) is 4.12. The van der Waals surface area contributed by atoms with E-state index in [0.29, 0.717) is 24.2 Å². The highest BCUT2D eigenvalue weighted by atomic mass is 19.1. The van der Waals surface area contributed by atoms with Gasteiger partial charge in [-0.15, -0.1) is 0 Å². The van der Waals surface area contributed by atoms with Crippen LogP contribution in [0.3, 0.4) is 0 Å². The molecule has 0 aliphatic carbocycles. The van der Waals surface area contributed by atoms with Crippen LogP contribution in [0, 0.1) is 5.82 Å². The number of nitrogens with zero attached hydrogens (tertiary/aromatic N) is 1. The Morgan fingerprint density at radius 1 is 1.22 bits per heavy atom. The number of carbonyl (C=O) groups is 1. The molecule has 0 amide bonds. The number of benzene rings is 1. The number of halogens is 1. The topological polar surface area (TPSA) is 20.3 Å². The summed E-state index contributed by atoms with van der Waals surface area (Å²) in [6.07, 6.45) is 3.55. The van der Waals surface area contributed by atoms with E-state index >= 15 is 0 Å². The third-order valence-corrected chi connectivity index (χ3v) is 3.87. The molecular formula is C15H20FNO. The van der Waals surface area contributed by atoms with Gasteiger partial charge in [-0.05, 0) is 51.0 Å². The van der Waals surface area contributed by atoms with Crippen molar-refractivity contribution in [1.82, 2.24) is 4.90 Å². The molecule has 2 nitrogen and oxygen atoms in total. The van der Waals surface area contributed by atoms with Crippen LogP contribution in [0.4, 0.5) is 4.39 Å². The van der Waals surface area contributed by atoms with Crippen molar-refractivity contribution < 1.29 is 9.18 Å². The third-order valence-electron chi connectivity index (χ3n) is 3.87. The summed E-state index contributed by atoms with van der Waals surface area (Å²) in [4.78, 5) is 14.4. The molecule has 1 aliphatic heterocycles. The van der Waals surface area contributed by atoms with Gasteiger partial charge in [0, 0.05) is 17.6 Å². The van der Waals surface area contributed by atoms with Gasteiger partial charge in [0.2, 0.25) is 0 Å². The number of carbonyl (C=O) groups excluding carboxylic acids is 1. The van der Waals surface area contributed by atoms with Gasteiger partial charge in [-0.25, -0.2) is 4.39 Å². The van der Waals surface area contributed by atoms with Crippen LogP contribution >= 0.6 is 0 Å². The highest BCUT2D eigenvalue weighted by Crippen LogP contribution is 2.22. The standard InChI is InChI=1S/C15H20FNO/c1-11-4-3-5-12(2)17(11)10-15(18)13-6-8-14(16)9-7-13/h6-9,11-12H,3-5,10H2,1-2H3. The molecule has 1 fully saturated rings. The van der Waals surface area contributed by atoms with Gasteiger partial charge in [0.15, 0.2) is 5.78 Å². The molecule has 1 saturated heterocycles. The summed E-state index contributed by atoms with van der Waals surface area (Å²) in [6, 6.07) is 6.73. The van der Waals surface area contributed by atoms with E-state index < -0.39 is 0 Å². The highest BCUT2D eigenvalue weighted by molar-refractivity contribution is 5.97. The first-order valence-corrected chi connectivity index (χ1v) is 6.62. The molecule has 1 aliphatic rings. The fourth-order valence-electron chi connectivity index (χ4n) is 2.68. The van der Waals surface area contributed by atoms with Crippen LogP contribution in [0.1, 0.15) is 43.5 Å². The Morgan fingerprint density at radius 2 is 1.78 bits per heavy atom. The van der Waals surface area contributed by atoms with E-state index in [1.807, 2.05) is 0 Å². The number of likely N-dealkylation sites (tertiary alicyclic amines) is 1. The van der Waals surface area contributed by atoms with Crippen LogP contribution in [-0.4, -0.2) is 29.3 Å². The largest absolute Gasteiger partial charge is 0.293 e. The van der Waals surface area contributed by atoms with Gasteiger partial charge in [0.25, 0.3) is 0 Å². The van der Waals surface area contributed by atoms with Gasteiger partial charge in [-0.1, -0.05) is 6.42 Å². The molecule has 0 N–H and O–H groups in total. The van der Waals surface area contributed by atoms with Crippen LogP contribution in [0.25, 0.3) is 0 Å². The molecule has 2 atom stereocenters. The predicted molar refractivity (Wildman–Crippen MR) is 70.2 cm³/mol. The molecule has 2 rings (SSSR count). The summed E-state index contributed by atoms with van der Waals surface area (Å²) in [5.74, 6) is -0.221. The smallest absolute Gasteiger partial charge is 0.176 e. The first-order chi connectivity index (χ1) is 8.58. The Balaban J connectivity index is 2.04. The molecule has 0 aromatic heterocycles. The van der Waals surface area contributed by atoms with Crippen molar-refractivity contribution in [3.05, 3.63) is 35.6 Å². The van der Waals surface area contributed by atoms with Gasteiger partial charge in [0.1, 0.15) is 5.82 Å². The van der Waals surface area contributed by atoms with E-state index in [1.165, 1.54) is 18.6 Å². The maximum Gasteiger partial charge on any atom is 0.176 e. The van der Waals surface area contributed by atoms with Crippen molar-refractivity contribution in [2.75, 3.05) is 6.54 Å². The molecule has 1 aromatic carbocycles. The Hall–Kier alpha value is -1.22.